The van der Waals surface area contributed by atoms with Gasteiger partial charge in [0.1, 0.15) is 11.6 Å². The standard InChI is InChI=1S/C16H13F2N3S/c1-21-15(13-7-2-3-8-14(13)18)19-20-16(21)22-10-11-5-4-6-12(17)9-11/h2-9H,10H2,1H3. The number of hydrogen-bond acceptors (Lipinski definition) is 3. The van der Waals surface area contributed by atoms with Crippen LogP contribution in [0.5, 0.6) is 0 Å². The molecule has 0 amide bonds. The second-order valence-corrected chi connectivity index (χ2v) is 5.71. The summed E-state index contributed by atoms with van der Waals surface area (Å²) in [4.78, 5) is 0. The summed E-state index contributed by atoms with van der Waals surface area (Å²) >= 11 is 1.43. The fraction of sp³-hybridized carbons (Fsp3) is 0.125. The Bertz CT molecular complexity index is 802. The average molecular weight is 317 g/mol. The predicted molar refractivity (Wildman–Crippen MR) is 82.4 cm³/mol. The zero-order chi connectivity index (χ0) is 15.5. The van der Waals surface area contributed by atoms with Gasteiger partial charge >= 0.3 is 0 Å². The molecule has 2 aromatic carbocycles. The van der Waals surface area contributed by atoms with E-state index < -0.39 is 0 Å². The van der Waals surface area contributed by atoms with Crippen LogP contribution in [0.3, 0.4) is 0 Å². The Balaban J connectivity index is 1.81. The molecule has 3 aromatic rings. The zero-order valence-corrected chi connectivity index (χ0v) is 12.6. The Hall–Kier alpha value is -2.21. The molecule has 22 heavy (non-hydrogen) atoms. The highest BCUT2D eigenvalue weighted by molar-refractivity contribution is 7.98. The Morgan fingerprint density at radius 2 is 1.86 bits per heavy atom. The monoisotopic (exact) mass is 317 g/mol. The van der Waals surface area contributed by atoms with Crippen LogP contribution in [0.15, 0.2) is 53.7 Å². The maximum Gasteiger partial charge on any atom is 0.191 e. The fourth-order valence-electron chi connectivity index (χ4n) is 2.09. The Labute approximate surface area is 131 Å². The minimum Gasteiger partial charge on any atom is -0.305 e. The number of hydrogen-bond donors (Lipinski definition) is 0. The first-order valence-electron chi connectivity index (χ1n) is 6.66. The molecular formula is C16H13F2N3S. The Kier molecular flexibility index (Phi) is 4.20. The topological polar surface area (TPSA) is 30.7 Å². The van der Waals surface area contributed by atoms with Crippen LogP contribution in [-0.4, -0.2) is 14.8 Å². The largest absolute Gasteiger partial charge is 0.305 e. The molecule has 1 heterocycles. The molecule has 0 unspecified atom stereocenters. The number of nitrogens with zero attached hydrogens (tertiary/aromatic N) is 3. The molecular weight excluding hydrogens is 304 g/mol. The highest BCUT2D eigenvalue weighted by atomic mass is 32.2. The minimum atomic E-state index is -0.334. The van der Waals surface area contributed by atoms with Crippen molar-refractivity contribution in [3.63, 3.8) is 0 Å². The first-order chi connectivity index (χ1) is 10.6. The molecule has 112 valence electrons. The van der Waals surface area contributed by atoms with Crippen molar-refractivity contribution in [2.75, 3.05) is 0 Å². The van der Waals surface area contributed by atoms with Crippen LogP contribution >= 0.6 is 11.8 Å². The quantitative estimate of drug-likeness (QED) is 0.680. The third-order valence-corrected chi connectivity index (χ3v) is 4.30. The SMILES string of the molecule is Cn1c(SCc2cccc(F)c2)nnc1-c1ccccc1F. The molecule has 3 nitrogen and oxygen atoms in total. The lowest BCUT2D eigenvalue weighted by Crippen LogP contribution is -1.96. The third kappa shape index (κ3) is 3.01. The van der Waals surface area contributed by atoms with Crippen LogP contribution in [0.25, 0.3) is 11.4 Å². The Morgan fingerprint density at radius 1 is 1.05 bits per heavy atom. The van der Waals surface area contributed by atoms with Gasteiger partial charge in [-0.2, -0.15) is 0 Å². The van der Waals surface area contributed by atoms with Crippen molar-refractivity contribution >= 4 is 11.8 Å². The molecule has 3 rings (SSSR count). The van der Waals surface area contributed by atoms with E-state index in [2.05, 4.69) is 10.2 Å². The molecule has 0 radical (unpaired) electrons. The number of thioether (sulfide) groups is 1. The summed E-state index contributed by atoms with van der Waals surface area (Å²) in [7, 11) is 1.79. The molecule has 0 aliphatic rings. The number of benzene rings is 2. The van der Waals surface area contributed by atoms with E-state index >= 15 is 0 Å². The van der Waals surface area contributed by atoms with Crippen molar-refractivity contribution in [1.82, 2.24) is 14.8 Å². The van der Waals surface area contributed by atoms with E-state index in [4.69, 9.17) is 0 Å². The van der Waals surface area contributed by atoms with Crippen molar-refractivity contribution in [2.45, 2.75) is 10.9 Å². The number of aromatic nitrogens is 3. The summed E-state index contributed by atoms with van der Waals surface area (Å²) in [6.07, 6.45) is 0. The van der Waals surface area contributed by atoms with Crippen LogP contribution in [0, 0.1) is 11.6 Å². The molecule has 0 aliphatic carbocycles. The lowest BCUT2D eigenvalue weighted by Gasteiger charge is -2.05. The molecule has 0 aliphatic heterocycles. The summed E-state index contributed by atoms with van der Waals surface area (Å²) in [6.45, 7) is 0. The molecule has 0 fully saturated rings. The Morgan fingerprint density at radius 3 is 2.64 bits per heavy atom. The maximum absolute atomic E-state index is 13.8. The van der Waals surface area contributed by atoms with Gasteiger partial charge < -0.3 is 4.57 Å². The van der Waals surface area contributed by atoms with Crippen molar-refractivity contribution in [3.8, 4) is 11.4 Å². The summed E-state index contributed by atoms with van der Waals surface area (Å²) in [5, 5.41) is 8.80. The second-order valence-electron chi connectivity index (χ2n) is 4.76. The highest BCUT2D eigenvalue weighted by Gasteiger charge is 2.14. The van der Waals surface area contributed by atoms with E-state index in [9.17, 15) is 8.78 Å². The first-order valence-corrected chi connectivity index (χ1v) is 7.65. The van der Waals surface area contributed by atoms with Gasteiger partial charge in [-0.3, -0.25) is 0 Å². The average Bonchev–Trinajstić information content (AvgIpc) is 2.87. The van der Waals surface area contributed by atoms with E-state index in [1.807, 2.05) is 6.07 Å². The number of halogens is 2. The van der Waals surface area contributed by atoms with Gasteiger partial charge in [-0.15, -0.1) is 10.2 Å². The molecule has 0 spiro atoms. The van der Waals surface area contributed by atoms with E-state index in [0.717, 1.165) is 5.56 Å². The predicted octanol–water partition coefficient (Wildman–Crippen LogP) is 4.05. The van der Waals surface area contributed by atoms with Gasteiger partial charge in [-0.1, -0.05) is 36.0 Å². The minimum absolute atomic E-state index is 0.261. The third-order valence-electron chi connectivity index (χ3n) is 3.21. The van der Waals surface area contributed by atoms with Gasteiger partial charge in [-0.25, -0.2) is 8.78 Å². The van der Waals surface area contributed by atoms with Gasteiger partial charge in [0.2, 0.25) is 0 Å². The van der Waals surface area contributed by atoms with Crippen molar-refractivity contribution in [3.05, 3.63) is 65.7 Å². The molecule has 0 N–H and O–H groups in total. The number of rotatable bonds is 4. The fourth-order valence-corrected chi connectivity index (χ4v) is 2.95. The smallest absolute Gasteiger partial charge is 0.191 e. The van der Waals surface area contributed by atoms with Gasteiger partial charge in [0.05, 0.1) is 5.56 Å². The lowest BCUT2D eigenvalue weighted by atomic mass is 10.2. The molecule has 0 bridgehead atoms. The molecule has 1 aromatic heterocycles. The van der Waals surface area contributed by atoms with Gasteiger partial charge in [0, 0.05) is 12.8 Å². The van der Waals surface area contributed by atoms with Crippen LogP contribution in [-0.2, 0) is 12.8 Å². The molecule has 6 heteroatoms. The summed E-state index contributed by atoms with van der Waals surface area (Å²) in [5.74, 6) is 0.448. The maximum atomic E-state index is 13.8. The van der Waals surface area contributed by atoms with Crippen LogP contribution < -0.4 is 0 Å². The summed E-state index contributed by atoms with van der Waals surface area (Å²) in [6, 6.07) is 12.9. The van der Waals surface area contributed by atoms with E-state index in [1.165, 1.54) is 30.0 Å². The van der Waals surface area contributed by atoms with Crippen molar-refractivity contribution in [2.24, 2.45) is 7.05 Å². The second kappa shape index (κ2) is 6.27. The molecule has 0 saturated heterocycles. The van der Waals surface area contributed by atoms with Gasteiger partial charge in [0.15, 0.2) is 11.0 Å². The molecule has 0 atom stereocenters. The van der Waals surface area contributed by atoms with Crippen LogP contribution in [0.1, 0.15) is 5.56 Å². The first kappa shape index (κ1) is 14.7. The van der Waals surface area contributed by atoms with Crippen LogP contribution in [0.2, 0.25) is 0 Å². The summed E-state index contributed by atoms with van der Waals surface area (Å²) in [5.41, 5.74) is 1.27. The highest BCUT2D eigenvalue weighted by Crippen LogP contribution is 2.26. The van der Waals surface area contributed by atoms with E-state index in [0.29, 0.717) is 22.3 Å². The van der Waals surface area contributed by atoms with Crippen molar-refractivity contribution < 1.29 is 8.78 Å². The zero-order valence-electron chi connectivity index (χ0n) is 11.8. The summed E-state index contributed by atoms with van der Waals surface area (Å²) < 4.78 is 28.7. The normalized spacial score (nSPS) is 10.9. The van der Waals surface area contributed by atoms with Gasteiger partial charge in [-0.05, 0) is 29.8 Å². The van der Waals surface area contributed by atoms with Gasteiger partial charge in [0.25, 0.3) is 0 Å². The van der Waals surface area contributed by atoms with Crippen molar-refractivity contribution in [1.29, 1.82) is 0 Å². The van der Waals surface area contributed by atoms with Crippen LogP contribution in [0.4, 0.5) is 8.78 Å². The molecule has 0 saturated carbocycles. The van der Waals surface area contributed by atoms with E-state index in [1.54, 1.807) is 35.9 Å². The lowest BCUT2D eigenvalue weighted by molar-refractivity contribution is 0.626. The van der Waals surface area contributed by atoms with E-state index in [-0.39, 0.29) is 11.6 Å².